The van der Waals surface area contributed by atoms with Gasteiger partial charge in [0, 0.05) is 60.9 Å². The maximum absolute atomic E-state index is 12.6. The second-order valence-corrected chi connectivity index (χ2v) is 11.8. The summed E-state index contributed by atoms with van der Waals surface area (Å²) in [6.07, 6.45) is 1.77. The van der Waals surface area contributed by atoms with Crippen molar-refractivity contribution in [3.8, 4) is 5.75 Å². The fraction of sp³-hybridized carbons (Fsp3) is 0.395. The highest BCUT2D eigenvalue weighted by molar-refractivity contribution is 5.96. The Kier molecular flexibility index (Phi) is 19.2. The van der Waals surface area contributed by atoms with Crippen molar-refractivity contribution >= 4 is 35.2 Å². The van der Waals surface area contributed by atoms with Crippen molar-refractivity contribution < 1.29 is 33.6 Å². The minimum absolute atomic E-state index is 0.108. The molecular weight excluding hydrogens is 708 g/mol. The van der Waals surface area contributed by atoms with Crippen LogP contribution in [0.4, 0.5) is 23.5 Å². The van der Waals surface area contributed by atoms with Crippen LogP contribution in [0.2, 0.25) is 0 Å². The number of ether oxygens (including phenoxy) is 4. The van der Waals surface area contributed by atoms with E-state index in [4.69, 9.17) is 24.5 Å². The number of aromatic nitrogens is 3. The molecule has 0 saturated carbocycles. The minimum Gasteiger partial charge on any atom is -0.508 e. The Morgan fingerprint density at radius 2 is 1.29 bits per heavy atom. The first kappa shape index (κ1) is 41.9. The molecule has 0 aliphatic heterocycles. The number of nitrogens with one attached hydrogen (secondary N) is 4. The number of nitrogens with zero attached hydrogens (tertiary/aromatic N) is 6. The number of phenols is 1. The van der Waals surface area contributed by atoms with Crippen molar-refractivity contribution in [2.45, 2.75) is 19.3 Å². The number of hydrogen-bond acceptors (Lipinski definition) is 14. The number of azide groups is 1. The summed E-state index contributed by atoms with van der Waals surface area (Å²) >= 11 is 0. The summed E-state index contributed by atoms with van der Waals surface area (Å²) in [7, 11) is 0. The number of Topliss-reactive ketones (excluding diaryl/α,β-unsaturated/α-hetero) is 1. The van der Waals surface area contributed by atoms with Gasteiger partial charge in [0.05, 0.1) is 46.2 Å². The third-order valence-electron chi connectivity index (χ3n) is 7.66. The van der Waals surface area contributed by atoms with Crippen LogP contribution in [0.25, 0.3) is 10.4 Å². The number of amides is 1. The van der Waals surface area contributed by atoms with Gasteiger partial charge in [-0.2, -0.15) is 15.0 Å². The zero-order valence-electron chi connectivity index (χ0n) is 30.7. The number of rotatable bonds is 28. The second-order valence-electron chi connectivity index (χ2n) is 11.8. The van der Waals surface area contributed by atoms with E-state index in [0.717, 1.165) is 5.56 Å². The molecular formula is C38H48N10O7. The normalized spacial score (nSPS) is 10.7. The number of aromatic hydroxyl groups is 1. The average molecular weight is 757 g/mol. The third-order valence-corrected chi connectivity index (χ3v) is 7.66. The van der Waals surface area contributed by atoms with E-state index in [1.807, 2.05) is 42.5 Å². The van der Waals surface area contributed by atoms with E-state index < -0.39 is 0 Å². The number of hydrogen-bond donors (Lipinski definition) is 5. The van der Waals surface area contributed by atoms with Crippen molar-refractivity contribution in [3.05, 3.63) is 106 Å². The predicted octanol–water partition coefficient (Wildman–Crippen LogP) is 5.16. The predicted molar refractivity (Wildman–Crippen MR) is 208 cm³/mol. The molecule has 292 valence electrons. The molecule has 0 fully saturated rings. The van der Waals surface area contributed by atoms with Gasteiger partial charge in [-0.05, 0) is 60.3 Å². The van der Waals surface area contributed by atoms with Crippen LogP contribution in [0.15, 0.2) is 84.0 Å². The molecule has 1 aromatic heterocycles. The van der Waals surface area contributed by atoms with Gasteiger partial charge in [0.1, 0.15) is 5.75 Å². The Balaban J connectivity index is 1.19. The lowest BCUT2D eigenvalue weighted by Gasteiger charge is -2.12. The molecule has 0 radical (unpaired) electrons. The van der Waals surface area contributed by atoms with E-state index in [1.54, 1.807) is 36.4 Å². The van der Waals surface area contributed by atoms with Crippen LogP contribution < -0.4 is 21.3 Å². The van der Waals surface area contributed by atoms with Gasteiger partial charge < -0.3 is 45.3 Å². The second kappa shape index (κ2) is 25.2. The molecule has 17 heteroatoms. The third kappa shape index (κ3) is 17.2. The number of benzene rings is 3. The fourth-order valence-electron chi connectivity index (χ4n) is 4.88. The first-order chi connectivity index (χ1) is 27.0. The lowest BCUT2D eigenvalue weighted by atomic mass is 10.1. The van der Waals surface area contributed by atoms with E-state index >= 15 is 0 Å². The highest BCUT2D eigenvalue weighted by Gasteiger charge is 2.10. The summed E-state index contributed by atoms with van der Waals surface area (Å²) < 4.78 is 22.0. The van der Waals surface area contributed by atoms with Crippen LogP contribution in [-0.4, -0.2) is 111 Å². The molecule has 4 aromatic rings. The van der Waals surface area contributed by atoms with Gasteiger partial charge in [-0.3, -0.25) is 9.59 Å². The van der Waals surface area contributed by atoms with Crippen LogP contribution in [0, 0.1) is 0 Å². The highest BCUT2D eigenvalue weighted by Crippen LogP contribution is 2.17. The Morgan fingerprint density at radius 1 is 0.673 bits per heavy atom. The highest BCUT2D eigenvalue weighted by atomic mass is 16.5. The van der Waals surface area contributed by atoms with Gasteiger partial charge in [0.2, 0.25) is 17.8 Å². The molecule has 0 aliphatic carbocycles. The minimum atomic E-state index is -0.239. The Bertz CT molecular complexity index is 1760. The summed E-state index contributed by atoms with van der Waals surface area (Å²) in [5.41, 5.74) is 11.1. The summed E-state index contributed by atoms with van der Waals surface area (Å²) in [6.45, 7) is 4.66. The van der Waals surface area contributed by atoms with Gasteiger partial charge in [-0.15, -0.1) is 0 Å². The van der Waals surface area contributed by atoms with Crippen molar-refractivity contribution in [1.29, 1.82) is 0 Å². The zero-order valence-corrected chi connectivity index (χ0v) is 30.7. The monoisotopic (exact) mass is 756 g/mol. The Morgan fingerprint density at radius 3 is 1.98 bits per heavy atom. The van der Waals surface area contributed by atoms with Crippen molar-refractivity contribution in [2.24, 2.45) is 5.11 Å². The van der Waals surface area contributed by atoms with Crippen LogP contribution in [0.3, 0.4) is 0 Å². The number of phenolic OH excluding ortho intramolecular Hbond substituents is 1. The largest absolute Gasteiger partial charge is 0.508 e. The molecule has 0 saturated heterocycles. The number of carbonyl (C=O) groups is 2. The van der Waals surface area contributed by atoms with Crippen LogP contribution in [-0.2, 0) is 25.4 Å². The average Bonchev–Trinajstić information content (AvgIpc) is 3.20. The molecule has 0 bridgehead atoms. The number of anilines is 4. The van der Waals surface area contributed by atoms with Crippen molar-refractivity contribution in [2.75, 3.05) is 95.0 Å². The van der Waals surface area contributed by atoms with Gasteiger partial charge in [0.15, 0.2) is 5.78 Å². The van der Waals surface area contributed by atoms with E-state index in [1.165, 1.54) is 0 Å². The molecule has 0 spiro atoms. The molecule has 4 rings (SSSR count). The molecule has 1 heterocycles. The summed E-state index contributed by atoms with van der Waals surface area (Å²) in [5, 5.41) is 25.4. The van der Waals surface area contributed by atoms with Crippen LogP contribution in [0.5, 0.6) is 5.75 Å². The van der Waals surface area contributed by atoms with E-state index in [0.29, 0.717) is 126 Å². The van der Waals surface area contributed by atoms with Crippen molar-refractivity contribution in [3.63, 3.8) is 0 Å². The first-order valence-electron chi connectivity index (χ1n) is 18.1. The quantitative estimate of drug-likeness (QED) is 0.0166. The van der Waals surface area contributed by atoms with Crippen LogP contribution in [0.1, 0.15) is 39.1 Å². The SMILES string of the molecule is [N-]=[N+]=NCCOCCOCCNC(=O)c1ccc(Nc2nc(NCCOCCOCCCC(=O)c3ccccc3)nc(NCCc3ccc(O)cc3)n2)cc1. The van der Waals surface area contributed by atoms with Gasteiger partial charge in [0.25, 0.3) is 5.91 Å². The van der Waals surface area contributed by atoms with E-state index in [2.05, 4.69) is 46.2 Å². The fourth-order valence-corrected chi connectivity index (χ4v) is 4.88. The summed E-state index contributed by atoms with van der Waals surface area (Å²) in [4.78, 5) is 41.0. The topological polar surface area (TPSA) is 227 Å². The number of ketones is 1. The molecule has 55 heavy (non-hydrogen) atoms. The Hall–Kier alpha value is -5.84. The molecule has 0 unspecified atom stereocenters. The molecule has 0 atom stereocenters. The van der Waals surface area contributed by atoms with Crippen LogP contribution >= 0.6 is 0 Å². The maximum atomic E-state index is 12.6. The smallest absolute Gasteiger partial charge is 0.251 e. The first-order valence-corrected chi connectivity index (χ1v) is 18.1. The van der Waals surface area contributed by atoms with E-state index in [-0.39, 0.29) is 24.0 Å². The van der Waals surface area contributed by atoms with E-state index in [9.17, 15) is 14.7 Å². The summed E-state index contributed by atoms with van der Waals surface area (Å²) in [6, 6.07) is 23.1. The molecule has 5 N–H and O–H groups in total. The van der Waals surface area contributed by atoms with Gasteiger partial charge >= 0.3 is 0 Å². The number of carbonyl (C=O) groups excluding carboxylic acids is 2. The maximum Gasteiger partial charge on any atom is 0.251 e. The zero-order chi connectivity index (χ0) is 38.8. The molecule has 0 aliphatic rings. The Labute approximate surface area is 319 Å². The lowest BCUT2D eigenvalue weighted by molar-refractivity contribution is 0.0497. The lowest BCUT2D eigenvalue weighted by Crippen LogP contribution is -2.27. The van der Waals surface area contributed by atoms with Gasteiger partial charge in [-0.1, -0.05) is 47.6 Å². The van der Waals surface area contributed by atoms with Gasteiger partial charge in [-0.25, -0.2) is 0 Å². The molecule has 1 amide bonds. The molecule has 17 nitrogen and oxygen atoms in total. The summed E-state index contributed by atoms with van der Waals surface area (Å²) in [5.74, 6) is 1.07. The molecule has 3 aromatic carbocycles. The standard InChI is InChI=1S/C38H48N10O7/c39-48-43-20-24-55-28-27-53-22-18-40-35(51)31-10-12-32(13-11-31)44-38-46-36(41-17-16-29-8-14-33(49)15-9-29)45-37(47-38)42-19-23-54-26-25-52-21-4-7-34(50)30-5-2-1-3-6-30/h1-3,5-6,8-15,49H,4,7,16-28H2,(H,40,51)(H3,41,42,44,45,46,47). The van der Waals surface area contributed by atoms with Crippen molar-refractivity contribution in [1.82, 2.24) is 20.3 Å².